The molecule has 0 atom stereocenters. The molecule has 0 aliphatic carbocycles. The van der Waals surface area contributed by atoms with E-state index in [4.69, 9.17) is 0 Å². The molecule has 2 aromatic carbocycles. The van der Waals surface area contributed by atoms with Gasteiger partial charge in [-0.3, -0.25) is 0 Å². The Balaban J connectivity index is 0.00000420. The third kappa shape index (κ3) is 9.35. The molecular weight excluding hydrogens is 391 g/mol. The molecule has 0 N–H and O–H groups in total. The monoisotopic (exact) mass is 424 g/mol. The summed E-state index contributed by atoms with van der Waals surface area (Å²) in [5, 5.41) is 0. The Morgan fingerprint density at radius 2 is 1.28 bits per heavy atom. The van der Waals surface area contributed by atoms with Crippen LogP contribution in [0.15, 0.2) is 53.4 Å². The second-order valence-corrected chi connectivity index (χ2v) is 8.89. The molecule has 0 aliphatic rings. The predicted octanol–water partition coefficient (Wildman–Crippen LogP) is 3.73. The van der Waals surface area contributed by atoms with Crippen molar-refractivity contribution in [3.63, 3.8) is 0 Å². The van der Waals surface area contributed by atoms with Crippen LogP contribution in [0.2, 0.25) is 0 Å². The van der Waals surface area contributed by atoms with Crippen molar-refractivity contribution in [2.24, 2.45) is 0 Å². The third-order valence-electron chi connectivity index (χ3n) is 5.24. The summed E-state index contributed by atoms with van der Waals surface area (Å²) in [6.45, 7) is 2.24. The minimum atomic E-state index is -4.51. The van der Waals surface area contributed by atoms with E-state index in [0.29, 0.717) is 5.56 Å². The average Bonchev–Trinajstić information content (AvgIpc) is 2.69. The Morgan fingerprint density at radius 1 is 0.724 bits per heavy atom. The molecule has 0 amide bonds. The van der Waals surface area contributed by atoms with Gasteiger partial charge in [-0.15, -0.1) is 0 Å². The molecule has 0 heterocycles. The SMILES string of the molecule is CCCCCCCCCCCCc1cccc(S(=O)(=O)[O-])c1-c1ccccc1.[Na+]. The van der Waals surface area contributed by atoms with E-state index in [1.807, 2.05) is 36.4 Å². The molecule has 2 aromatic rings. The number of unbranched alkanes of at least 4 members (excludes halogenated alkanes) is 9. The van der Waals surface area contributed by atoms with Crippen LogP contribution >= 0.6 is 0 Å². The fourth-order valence-corrected chi connectivity index (χ4v) is 4.47. The summed E-state index contributed by atoms with van der Waals surface area (Å²) in [5.41, 5.74) is 2.32. The summed E-state index contributed by atoms with van der Waals surface area (Å²) >= 11 is 0. The average molecular weight is 425 g/mol. The van der Waals surface area contributed by atoms with Crippen LogP contribution in [0, 0.1) is 0 Å². The van der Waals surface area contributed by atoms with Crippen LogP contribution in [0.1, 0.15) is 76.7 Å². The molecule has 0 spiro atoms. The van der Waals surface area contributed by atoms with E-state index in [9.17, 15) is 13.0 Å². The molecule has 3 nitrogen and oxygen atoms in total. The molecule has 0 aromatic heterocycles. The van der Waals surface area contributed by atoms with Crippen molar-refractivity contribution >= 4 is 10.1 Å². The zero-order chi connectivity index (χ0) is 20.2. The Morgan fingerprint density at radius 3 is 1.83 bits per heavy atom. The summed E-state index contributed by atoms with van der Waals surface area (Å²) in [6, 6.07) is 14.4. The van der Waals surface area contributed by atoms with Gasteiger partial charge in [0, 0.05) is 5.56 Å². The summed E-state index contributed by atoms with van der Waals surface area (Å²) in [5.74, 6) is 0. The molecule has 0 fully saturated rings. The van der Waals surface area contributed by atoms with Crippen molar-refractivity contribution in [3.05, 3.63) is 54.1 Å². The summed E-state index contributed by atoms with van der Waals surface area (Å²) in [7, 11) is -4.51. The third-order valence-corrected chi connectivity index (χ3v) is 6.12. The van der Waals surface area contributed by atoms with Gasteiger partial charge in [0.15, 0.2) is 0 Å². The van der Waals surface area contributed by atoms with Crippen LogP contribution in [-0.2, 0) is 16.5 Å². The van der Waals surface area contributed by atoms with Crippen molar-refractivity contribution in [1.82, 2.24) is 0 Å². The first kappa shape index (κ1) is 26.4. The first-order valence-electron chi connectivity index (χ1n) is 10.7. The fraction of sp³-hybridized carbons (Fsp3) is 0.500. The molecule has 0 saturated heterocycles. The quantitative estimate of drug-likeness (QED) is 0.280. The van der Waals surface area contributed by atoms with Gasteiger partial charge in [0.2, 0.25) is 0 Å². The van der Waals surface area contributed by atoms with E-state index in [0.717, 1.165) is 30.4 Å². The van der Waals surface area contributed by atoms with Gasteiger partial charge < -0.3 is 4.55 Å². The van der Waals surface area contributed by atoms with Crippen molar-refractivity contribution in [1.29, 1.82) is 0 Å². The van der Waals surface area contributed by atoms with Crippen LogP contribution in [0.4, 0.5) is 0 Å². The minimum absolute atomic E-state index is 0. The van der Waals surface area contributed by atoms with Gasteiger partial charge in [0.05, 0.1) is 4.90 Å². The maximum Gasteiger partial charge on any atom is 1.00 e. The maximum absolute atomic E-state index is 11.8. The van der Waals surface area contributed by atoms with Gasteiger partial charge in [0.1, 0.15) is 10.1 Å². The predicted molar refractivity (Wildman–Crippen MR) is 115 cm³/mol. The van der Waals surface area contributed by atoms with Gasteiger partial charge in [0.25, 0.3) is 0 Å². The Hall–Kier alpha value is -0.650. The Labute approximate surface area is 199 Å². The minimum Gasteiger partial charge on any atom is -0.744 e. The van der Waals surface area contributed by atoms with Crippen molar-refractivity contribution < 1.29 is 42.5 Å². The van der Waals surface area contributed by atoms with E-state index in [1.54, 1.807) is 6.07 Å². The van der Waals surface area contributed by atoms with E-state index < -0.39 is 10.1 Å². The van der Waals surface area contributed by atoms with E-state index in [1.165, 1.54) is 57.4 Å². The summed E-state index contributed by atoms with van der Waals surface area (Å²) < 4.78 is 35.3. The molecule has 5 heteroatoms. The molecule has 2 rings (SSSR count). The second kappa shape index (κ2) is 14.4. The molecule has 0 bridgehead atoms. The van der Waals surface area contributed by atoms with Gasteiger partial charge in [-0.05, 0) is 30.0 Å². The zero-order valence-electron chi connectivity index (χ0n) is 18.0. The molecule has 0 unspecified atom stereocenters. The molecular formula is C24H33NaO3S. The van der Waals surface area contributed by atoms with Gasteiger partial charge >= 0.3 is 29.6 Å². The fourth-order valence-electron chi connectivity index (χ4n) is 3.73. The van der Waals surface area contributed by atoms with Crippen LogP contribution in [0.5, 0.6) is 0 Å². The molecule has 0 saturated carbocycles. The van der Waals surface area contributed by atoms with Crippen molar-refractivity contribution in [2.75, 3.05) is 0 Å². The van der Waals surface area contributed by atoms with E-state index >= 15 is 0 Å². The first-order valence-corrected chi connectivity index (χ1v) is 12.1. The van der Waals surface area contributed by atoms with Gasteiger partial charge in [-0.1, -0.05) is 107 Å². The number of hydrogen-bond acceptors (Lipinski definition) is 3. The number of aryl methyl sites for hydroxylation is 1. The van der Waals surface area contributed by atoms with Gasteiger partial charge in [-0.2, -0.15) is 0 Å². The number of rotatable bonds is 13. The summed E-state index contributed by atoms with van der Waals surface area (Å²) in [4.78, 5) is -0.108. The largest absolute Gasteiger partial charge is 1.00 e. The molecule has 29 heavy (non-hydrogen) atoms. The van der Waals surface area contributed by atoms with Crippen molar-refractivity contribution in [2.45, 2.75) is 82.4 Å². The second-order valence-electron chi connectivity index (χ2n) is 7.54. The molecule has 0 radical (unpaired) electrons. The summed E-state index contributed by atoms with van der Waals surface area (Å²) in [6.07, 6.45) is 13.4. The standard InChI is InChI=1S/C24H34O3S.Na/c1-2-3-4-5-6-7-8-9-10-12-16-22-19-15-20-23(28(25,26)27)24(22)21-17-13-11-14-18-21;/h11,13-15,17-20H,2-10,12,16H2,1H3,(H,25,26,27);/q;+1/p-1. The van der Waals surface area contributed by atoms with Crippen LogP contribution in [0.25, 0.3) is 11.1 Å². The van der Waals surface area contributed by atoms with E-state index in [-0.39, 0.29) is 34.5 Å². The van der Waals surface area contributed by atoms with Crippen LogP contribution in [0.3, 0.4) is 0 Å². The Kier molecular flexibility index (Phi) is 13.1. The normalized spacial score (nSPS) is 11.2. The maximum atomic E-state index is 11.8. The van der Waals surface area contributed by atoms with Crippen molar-refractivity contribution in [3.8, 4) is 11.1 Å². The number of benzene rings is 2. The Bertz CT molecular complexity index is 804. The molecule has 0 aliphatic heterocycles. The van der Waals surface area contributed by atoms with E-state index in [2.05, 4.69) is 6.92 Å². The topological polar surface area (TPSA) is 57.2 Å². The van der Waals surface area contributed by atoms with Gasteiger partial charge in [-0.25, -0.2) is 8.42 Å². The molecule has 154 valence electrons. The first-order chi connectivity index (χ1) is 13.5. The number of hydrogen-bond donors (Lipinski definition) is 0. The zero-order valence-corrected chi connectivity index (χ0v) is 20.8. The van der Waals surface area contributed by atoms with Crippen LogP contribution in [-0.4, -0.2) is 13.0 Å². The van der Waals surface area contributed by atoms with Crippen LogP contribution < -0.4 is 29.6 Å². The smallest absolute Gasteiger partial charge is 0.744 e.